The molecule has 6 aromatic rings. The van der Waals surface area contributed by atoms with Gasteiger partial charge in [0.15, 0.2) is 0 Å². The van der Waals surface area contributed by atoms with Crippen LogP contribution in [-0.4, -0.2) is 102 Å². The van der Waals surface area contributed by atoms with Crippen molar-refractivity contribution in [1.82, 2.24) is 30.4 Å². The summed E-state index contributed by atoms with van der Waals surface area (Å²) >= 11 is 0. The average molecular weight is 890 g/mol. The van der Waals surface area contributed by atoms with E-state index in [4.69, 9.17) is 24.2 Å². The monoisotopic (exact) mass is 889 g/mol. The summed E-state index contributed by atoms with van der Waals surface area (Å²) < 4.78 is 15.4. The molecule has 5 aromatic carbocycles. The predicted octanol–water partition coefficient (Wildman–Crippen LogP) is 8.56. The van der Waals surface area contributed by atoms with Crippen LogP contribution >= 0.6 is 0 Å². The van der Waals surface area contributed by atoms with Crippen LogP contribution in [-0.2, 0) is 30.2 Å². The normalized spacial score (nSPS) is 22.1. The van der Waals surface area contributed by atoms with E-state index in [-0.39, 0.29) is 41.8 Å². The number of imidazole rings is 1. The number of aliphatic imine (C=N–C) groups is 1. The van der Waals surface area contributed by atoms with Crippen molar-refractivity contribution in [3.05, 3.63) is 108 Å². The molecule has 340 valence electrons. The number of nitrogens with zero attached hydrogens (tertiary/aromatic N) is 4. The van der Waals surface area contributed by atoms with Crippen molar-refractivity contribution in [3.63, 3.8) is 0 Å². The van der Waals surface area contributed by atoms with E-state index in [0.717, 1.165) is 85.8 Å². The highest BCUT2D eigenvalue weighted by Gasteiger charge is 2.56. The molecule has 14 heteroatoms. The smallest absolute Gasteiger partial charge is 0.407 e. The van der Waals surface area contributed by atoms with Gasteiger partial charge in [-0.05, 0) is 93.8 Å². The summed E-state index contributed by atoms with van der Waals surface area (Å²) in [6.07, 6.45) is 2.57. The number of methoxy groups -OCH3 is 3. The van der Waals surface area contributed by atoms with E-state index in [1.165, 1.54) is 14.2 Å². The number of hydrogen-bond donors (Lipinski definition) is 3. The second kappa shape index (κ2) is 17.5. The lowest BCUT2D eigenvalue weighted by atomic mass is 9.94. The predicted molar refractivity (Wildman–Crippen MR) is 252 cm³/mol. The Morgan fingerprint density at radius 3 is 2.24 bits per heavy atom. The summed E-state index contributed by atoms with van der Waals surface area (Å²) in [5, 5.41) is 9.89. The van der Waals surface area contributed by atoms with Crippen LogP contribution in [0.15, 0.2) is 96.0 Å². The third-order valence-electron chi connectivity index (χ3n) is 14.4. The van der Waals surface area contributed by atoms with Gasteiger partial charge in [0, 0.05) is 43.1 Å². The number of hydrogen-bond acceptors (Lipinski definition) is 9. The Morgan fingerprint density at radius 1 is 0.803 bits per heavy atom. The Hall–Kier alpha value is -6.80. The Labute approximate surface area is 383 Å². The SMILES string of the molecule is CC[C@H](C)[C@H](NC(=O)OC)C(=O)N1[C@@H]2C[C@@H]2C[C@H]1c1nc2c(ccc3cc(-c4ccc5c6c(ccc5c4)N=C([C@@H]4C[C@H](COC)CN4C(=O)[C@H](NC(=O)OC)c4ccccc4)C6)ccc32)[nH]1. The molecule has 14 nitrogen and oxygen atoms in total. The molecular formula is C52H55N7O7. The fourth-order valence-electron chi connectivity index (χ4n) is 10.7. The summed E-state index contributed by atoms with van der Waals surface area (Å²) in [6.45, 7) is 5.00. The number of rotatable bonds is 12. The van der Waals surface area contributed by atoms with Gasteiger partial charge in [-0.1, -0.05) is 87.0 Å². The molecule has 66 heavy (non-hydrogen) atoms. The molecule has 3 aliphatic heterocycles. The number of carbonyl (C=O) groups is 4. The molecule has 1 aliphatic carbocycles. The second-order valence-electron chi connectivity index (χ2n) is 18.4. The summed E-state index contributed by atoms with van der Waals surface area (Å²) in [4.78, 5) is 71.1. The number of fused-ring (bicyclic) bond motifs is 7. The number of alkyl carbamates (subject to hydrolysis) is 2. The van der Waals surface area contributed by atoms with Gasteiger partial charge in [0.05, 0.1) is 49.6 Å². The van der Waals surface area contributed by atoms with Gasteiger partial charge >= 0.3 is 12.2 Å². The van der Waals surface area contributed by atoms with Crippen molar-refractivity contribution < 1.29 is 33.4 Å². The van der Waals surface area contributed by atoms with Gasteiger partial charge in [0.2, 0.25) is 11.8 Å². The molecule has 4 heterocycles. The molecule has 0 unspecified atom stereocenters. The minimum Gasteiger partial charge on any atom is -0.453 e. The standard InChI is InChI=1S/C52H55N7O7/c1-6-28(2)45(56-51(62)65-4)50(61)59-42-23-35(42)24-44(59)48-54-40-19-15-34-22-32(13-17-37(34)47(40)55-48)31-12-16-36-33(21-31)14-18-39-38(36)25-41(53-39)43-20-29(27-64-3)26-58(43)49(60)46(57-52(63)66-5)30-10-8-7-9-11-30/h7-19,21-22,28-29,35,42-46H,6,20,23-27H2,1-5H3,(H,54,55)(H,56,62)(H,57,63)/t28-,29-,35+,42+,43-,44-,45-,46+/m0/s1. The van der Waals surface area contributed by atoms with Gasteiger partial charge in [-0.15, -0.1) is 0 Å². The van der Waals surface area contributed by atoms with Crippen LogP contribution < -0.4 is 10.6 Å². The molecule has 8 atom stereocenters. The quantitative estimate of drug-likeness (QED) is 0.110. The zero-order valence-electron chi connectivity index (χ0n) is 37.9. The van der Waals surface area contributed by atoms with Gasteiger partial charge in [-0.2, -0.15) is 0 Å². The van der Waals surface area contributed by atoms with E-state index >= 15 is 0 Å². The van der Waals surface area contributed by atoms with Crippen molar-refractivity contribution in [2.75, 3.05) is 34.5 Å². The summed E-state index contributed by atoms with van der Waals surface area (Å²) in [7, 11) is 4.29. The molecule has 4 amide bonds. The second-order valence-corrected chi connectivity index (χ2v) is 18.4. The van der Waals surface area contributed by atoms with E-state index in [2.05, 4.69) is 76.3 Å². The van der Waals surface area contributed by atoms with Crippen LogP contribution in [0.4, 0.5) is 15.3 Å². The first-order valence-corrected chi connectivity index (χ1v) is 23.0. The van der Waals surface area contributed by atoms with Crippen LogP contribution in [0.25, 0.3) is 43.7 Å². The molecule has 3 fully saturated rings. The molecule has 1 saturated carbocycles. The number of H-pyrrole nitrogens is 1. The highest BCUT2D eigenvalue weighted by molar-refractivity contribution is 6.08. The van der Waals surface area contributed by atoms with Gasteiger partial charge in [0.25, 0.3) is 0 Å². The lowest BCUT2D eigenvalue weighted by Crippen LogP contribution is -2.52. The maximum absolute atomic E-state index is 14.4. The number of piperidine rings is 1. The van der Waals surface area contributed by atoms with Crippen LogP contribution in [0.1, 0.15) is 68.6 Å². The number of aromatic nitrogens is 2. The van der Waals surface area contributed by atoms with E-state index in [1.54, 1.807) is 7.11 Å². The van der Waals surface area contributed by atoms with Crippen molar-refractivity contribution in [1.29, 1.82) is 0 Å². The summed E-state index contributed by atoms with van der Waals surface area (Å²) in [6, 6.07) is 28.8. The first-order valence-electron chi connectivity index (χ1n) is 23.0. The molecule has 3 N–H and O–H groups in total. The summed E-state index contributed by atoms with van der Waals surface area (Å²) in [5.74, 6) is 0.957. The first kappa shape index (κ1) is 43.1. The topological polar surface area (TPSA) is 168 Å². The van der Waals surface area contributed by atoms with Gasteiger partial charge in [-0.3, -0.25) is 14.6 Å². The third-order valence-corrected chi connectivity index (χ3v) is 14.4. The van der Waals surface area contributed by atoms with Crippen LogP contribution in [0.5, 0.6) is 0 Å². The van der Waals surface area contributed by atoms with E-state index < -0.39 is 24.3 Å². The lowest BCUT2D eigenvalue weighted by Gasteiger charge is -2.32. The Morgan fingerprint density at radius 2 is 1.52 bits per heavy atom. The molecular weight excluding hydrogens is 835 g/mol. The maximum atomic E-state index is 14.4. The van der Waals surface area contributed by atoms with Gasteiger partial charge in [0.1, 0.15) is 17.9 Å². The van der Waals surface area contributed by atoms with Crippen molar-refractivity contribution in [2.24, 2.45) is 22.7 Å². The molecule has 0 bridgehead atoms. The van der Waals surface area contributed by atoms with Crippen LogP contribution in [0, 0.1) is 17.8 Å². The minimum atomic E-state index is -0.916. The van der Waals surface area contributed by atoms with Gasteiger partial charge in [-0.25, -0.2) is 14.6 Å². The van der Waals surface area contributed by atoms with E-state index in [1.807, 2.05) is 54.0 Å². The van der Waals surface area contributed by atoms with E-state index in [9.17, 15) is 19.2 Å². The zero-order valence-corrected chi connectivity index (χ0v) is 37.9. The lowest BCUT2D eigenvalue weighted by molar-refractivity contribution is -0.137. The van der Waals surface area contributed by atoms with Crippen molar-refractivity contribution >= 4 is 68.0 Å². The van der Waals surface area contributed by atoms with Crippen molar-refractivity contribution in [3.8, 4) is 11.1 Å². The number of amides is 4. The number of likely N-dealkylation sites (tertiary alicyclic amines) is 2. The first-order chi connectivity index (χ1) is 32.1. The highest BCUT2D eigenvalue weighted by atomic mass is 16.5. The average Bonchev–Trinajstić information content (AvgIpc) is 3.77. The van der Waals surface area contributed by atoms with Gasteiger partial charge < -0.3 is 39.6 Å². The largest absolute Gasteiger partial charge is 0.453 e. The summed E-state index contributed by atoms with van der Waals surface area (Å²) in [5.41, 5.74) is 7.59. The fraction of sp³-hybridized carbons (Fsp3) is 0.385. The molecule has 0 radical (unpaired) electrons. The Kier molecular flexibility index (Phi) is 11.5. The fourth-order valence-corrected chi connectivity index (χ4v) is 10.7. The van der Waals surface area contributed by atoms with Crippen molar-refractivity contribution in [2.45, 2.75) is 76.2 Å². The minimum absolute atomic E-state index is 0.0605. The number of aromatic amines is 1. The molecule has 1 aromatic heterocycles. The van der Waals surface area contributed by atoms with Crippen LogP contribution in [0.2, 0.25) is 0 Å². The highest BCUT2D eigenvalue weighted by Crippen LogP contribution is 2.54. The Balaban J connectivity index is 0.894. The van der Waals surface area contributed by atoms with Crippen LogP contribution in [0.3, 0.4) is 0 Å². The third kappa shape index (κ3) is 7.80. The number of ether oxygens (including phenoxy) is 3. The molecule has 2 saturated heterocycles. The number of nitrogens with one attached hydrogen (secondary N) is 3. The Bertz CT molecular complexity index is 2910. The van der Waals surface area contributed by atoms with E-state index in [0.29, 0.717) is 37.5 Å². The molecule has 10 rings (SSSR count). The maximum Gasteiger partial charge on any atom is 0.407 e. The molecule has 4 aliphatic rings. The zero-order chi connectivity index (χ0) is 45.8. The molecule has 0 spiro atoms. The number of carbonyl (C=O) groups excluding carboxylic acids is 4. The number of benzene rings is 5.